The lowest BCUT2D eigenvalue weighted by Crippen LogP contribution is -2.32. The molecule has 5 nitrogen and oxygen atoms in total. The van der Waals surface area contributed by atoms with Gasteiger partial charge in [-0.2, -0.15) is 0 Å². The molecule has 0 fully saturated rings. The van der Waals surface area contributed by atoms with Crippen LogP contribution in [0.15, 0.2) is 96.7 Å². The number of imide groups is 1. The van der Waals surface area contributed by atoms with Crippen molar-refractivity contribution in [1.82, 2.24) is 0 Å². The Morgan fingerprint density at radius 2 is 1.52 bits per heavy atom. The summed E-state index contributed by atoms with van der Waals surface area (Å²) in [5, 5.41) is 5.01. The van der Waals surface area contributed by atoms with E-state index < -0.39 is 5.91 Å². The Bertz CT molecular complexity index is 1420. The molecule has 0 saturated carbocycles. The SMILES string of the molecule is COc1ccc(C)cc1NC1=C(c2ccccc2)C(=O)N(c2cccc3ccccc23)C1=O. The molecule has 0 bridgehead atoms. The first-order chi connectivity index (χ1) is 16.1. The summed E-state index contributed by atoms with van der Waals surface area (Å²) >= 11 is 0. The van der Waals surface area contributed by atoms with Crippen LogP contribution in [0.1, 0.15) is 11.1 Å². The van der Waals surface area contributed by atoms with Crippen molar-refractivity contribution in [3.05, 3.63) is 108 Å². The maximum Gasteiger partial charge on any atom is 0.282 e. The van der Waals surface area contributed by atoms with Gasteiger partial charge in [-0.15, -0.1) is 0 Å². The highest BCUT2D eigenvalue weighted by Gasteiger charge is 2.41. The van der Waals surface area contributed by atoms with Gasteiger partial charge in [0.05, 0.1) is 24.1 Å². The molecule has 4 aromatic carbocycles. The maximum atomic E-state index is 13.8. The number of rotatable bonds is 5. The van der Waals surface area contributed by atoms with Crippen LogP contribution in [-0.4, -0.2) is 18.9 Å². The smallest absolute Gasteiger partial charge is 0.282 e. The lowest BCUT2D eigenvalue weighted by molar-refractivity contribution is -0.120. The second-order valence-electron chi connectivity index (χ2n) is 7.89. The van der Waals surface area contributed by atoms with Gasteiger partial charge < -0.3 is 10.1 Å². The van der Waals surface area contributed by atoms with E-state index >= 15 is 0 Å². The molecular formula is C28H22N2O3. The van der Waals surface area contributed by atoms with Crippen LogP contribution >= 0.6 is 0 Å². The number of benzene rings is 4. The largest absolute Gasteiger partial charge is 0.495 e. The summed E-state index contributed by atoms with van der Waals surface area (Å²) in [5.41, 5.74) is 3.42. The van der Waals surface area contributed by atoms with Gasteiger partial charge in [0.15, 0.2) is 0 Å². The molecular weight excluding hydrogens is 412 g/mol. The number of hydrogen-bond donors (Lipinski definition) is 1. The molecule has 0 radical (unpaired) electrons. The minimum Gasteiger partial charge on any atom is -0.495 e. The summed E-state index contributed by atoms with van der Waals surface area (Å²) in [6, 6.07) is 28.3. The third-order valence-corrected chi connectivity index (χ3v) is 5.77. The zero-order valence-corrected chi connectivity index (χ0v) is 18.3. The molecule has 5 rings (SSSR count). The van der Waals surface area contributed by atoms with Crippen molar-refractivity contribution < 1.29 is 14.3 Å². The van der Waals surface area contributed by atoms with E-state index in [9.17, 15) is 9.59 Å². The van der Waals surface area contributed by atoms with Gasteiger partial charge >= 0.3 is 0 Å². The molecule has 0 unspecified atom stereocenters. The molecule has 1 aliphatic heterocycles. The molecule has 0 aromatic heterocycles. The van der Waals surface area contributed by atoms with Crippen molar-refractivity contribution in [1.29, 1.82) is 0 Å². The van der Waals surface area contributed by atoms with Gasteiger partial charge in [0.1, 0.15) is 11.4 Å². The molecule has 4 aromatic rings. The van der Waals surface area contributed by atoms with Gasteiger partial charge in [-0.3, -0.25) is 9.59 Å². The van der Waals surface area contributed by atoms with Crippen molar-refractivity contribution in [2.24, 2.45) is 0 Å². The molecule has 5 heteroatoms. The number of hydrogen-bond acceptors (Lipinski definition) is 4. The Kier molecular flexibility index (Phi) is 5.15. The predicted molar refractivity (Wildman–Crippen MR) is 131 cm³/mol. The fourth-order valence-corrected chi connectivity index (χ4v) is 4.19. The fraction of sp³-hybridized carbons (Fsp3) is 0.0714. The number of nitrogens with zero attached hydrogens (tertiary/aromatic N) is 1. The summed E-state index contributed by atoms with van der Waals surface area (Å²) in [6.45, 7) is 1.96. The van der Waals surface area contributed by atoms with Gasteiger partial charge in [-0.05, 0) is 41.6 Å². The summed E-state index contributed by atoms with van der Waals surface area (Å²) in [6.07, 6.45) is 0. The van der Waals surface area contributed by atoms with Crippen molar-refractivity contribution in [2.75, 3.05) is 17.3 Å². The highest BCUT2D eigenvalue weighted by molar-refractivity contribution is 6.47. The first-order valence-electron chi connectivity index (χ1n) is 10.7. The molecule has 0 aliphatic carbocycles. The van der Waals surface area contributed by atoms with Crippen molar-refractivity contribution in [3.8, 4) is 5.75 Å². The Morgan fingerprint density at radius 3 is 2.30 bits per heavy atom. The number of anilines is 2. The summed E-state index contributed by atoms with van der Waals surface area (Å²) in [7, 11) is 1.58. The minimum absolute atomic E-state index is 0.225. The number of amides is 2. The predicted octanol–water partition coefficient (Wildman–Crippen LogP) is 5.55. The number of methoxy groups -OCH3 is 1. The summed E-state index contributed by atoms with van der Waals surface area (Å²) < 4.78 is 5.49. The van der Waals surface area contributed by atoms with Crippen LogP contribution in [0.5, 0.6) is 5.75 Å². The quantitative estimate of drug-likeness (QED) is 0.418. The normalized spacial score (nSPS) is 13.7. The zero-order valence-electron chi connectivity index (χ0n) is 18.3. The van der Waals surface area contributed by atoms with E-state index in [1.807, 2.05) is 91.9 Å². The van der Waals surface area contributed by atoms with Gasteiger partial charge in [0, 0.05) is 5.39 Å². The van der Waals surface area contributed by atoms with Crippen molar-refractivity contribution >= 4 is 39.5 Å². The second kappa shape index (κ2) is 8.28. The third-order valence-electron chi connectivity index (χ3n) is 5.77. The van der Waals surface area contributed by atoms with Gasteiger partial charge in [-0.1, -0.05) is 72.8 Å². The molecule has 0 spiro atoms. The van der Waals surface area contributed by atoms with Crippen LogP contribution in [0, 0.1) is 6.92 Å². The number of ether oxygens (including phenoxy) is 1. The van der Waals surface area contributed by atoms with Gasteiger partial charge in [0.25, 0.3) is 11.8 Å². The minimum atomic E-state index is -0.404. The van der Waals surface area contributed by atoms with E-state index in [0.717, 1.165) is 16.3 Å². The number of carbonyl (C=O) groups is 2. The first-order valence-corrected chi connectivity index (χ1v) is 10.7. The molecule has 1 N–H and O–H groups in total. The van der Waals surface area contributed by atoms with Crippen LogP contribution in [0.25, 0.3) is 16.3 Å². The van der Waals surface area contributed by atoms with Crippen LogP contribution in [0.3, 0.4) is 0 Å². The topological polar surface area (TPSA) is 58.6 Å². The lowest BCUT2D eigenvalue weighted by atomic mass is 10.0. The number of nitrogens with one attached hydrogen (secondary N) is 1. The Hall–Kier alpha value is -4.38. The van der Waals surface area contributed by atoms with Crippen LogP contribution in [-0.2, 0) is 9.59 Å². The molecule has 0 saturated heterocycles. The summed E-state index contributed by atoms with van der Waals surface area (Å²) in [4.78, 5) is 28.8. The van der Waals surface area contributed by atoms with Gasteiger partial charge in [0.2, 0.25) is 0 Å². The lowest BCUT2D eigenvalue weighted by Gasteiger charge is -2.18. The Labute approximate surface area is 191 Å². The summed E-state index contributed by atoms with van der Waals surface area (Å²) in [5.74, 6) is -0.181. The number of fused-ring (bicyclic) bond motifs is 1. The van der Waals surface area contributed by atoms with E-state index in [4.69, 9.17) is 4.74 Å². The molecule has 33 heavy (non-hydrogen) atoms. The highest BCUT2D eigenvalue weighted by Crippen LogP contribution is 2.38. The molecule has 1 aliphatic rings. The van der Waals surface area contributed by atoms with E-state index in [1.165, 1.54) is 4.90 Å². The molecule has 0 atom stereocenters. The van der Waals surface area contributed by atoms with Crippen LogP contribution in [0.4, 0.5) is 11.4 Å². The molecule has 1 heterocycles. The van der Waals surface area contributed by atoms with E-state index in [0.29, 0.717) is 28.3 Å². The Balaban J connectivity index is 1.68. The maximum absolute atomic E-state index is 13.8. The first kappa shape index (κ1) is 20.5. The van der Waals surface area contributed by atoms with Crippen molar-refractivity contribution in [3.63, 3.8) is 0 Å². The van der Waals surface area contributed by atoms with E-state index in [-0.39, 0.29) is 11.6 Å². The Morgan fingerprint density at radius 1 is 0.788 bits per heavy atom. The zero-order chi connectivity index (χ0) is 22.9. The van der Waals surface area contributed by atoms with E-state index in [2.05, 4.69) is 5.32 Å². The molecule has 162 valence electrons. The monoisotopic (exact) mass is 434 g/mol. The van der Waals surface area contributed by atoms with Gasteiger partial charge in [-0.25, -0.2) is 4.90 Å². The average molecular weight is 434 g/mol. The second-order valence-corrected chi connectivity index (χ2v) is 7.89. The molecule has 2 amide bonds. The highest BCUT2D eigenvalue weighted by atomic mass is 16.5. The standard InChI is InChI=1S/C28H22N2O3/c1-18-15-16-24(33-2)22(17-18)29-26-25(20-10-4-3-5-11-20)27(31)30(28(26)32)23-14-8-12-19-9-6-7-13-21(19)23/h3-17,29H,1-2H3. The average Bonchev–Trinajstić information content (AvgIpc) is 3.08. The van der Waals surface area contributed by atoms with Crippen LogP contribution < -0.4 is 15.0 Å². The fourth-order valence-electron chi connectivity index (χ4n) is 4.19. The van der Waals surface area contributed by atoms with E-state index in [1.54, 1.807) is 13.2 Å². The van der Waals surface area contributed by atoms with Crippen molar-refractivity contribution in [2.45, 2.75) is 6.92 Å². The number of aryl methyl sites for hydroxylation is 1. The third kappa shape index (κ3) is 3.53. The van der Waals surface area contributed by atoms with Crippen LogP contribution in [0.2, 0.25) is 0 Å². The number of carbonyl (C=O) groups excluding carboxylic acids is 2.